The van der Waals surface area contributed by atoms with Gasteiger partial charge in [-0.2, -0.15) is 13.7 Å². The van der Waals surface area contributed by atoms with Crippen LogP contribution in [0.5, 0.6) is 5.75 Å². The summed E-state index contributed by atoms with van der Waals surface area (Å²) in [5, 5.41) is 12.0. The van der Waals surface area contributed by atoms with Gasteiger partial charge in [-0.15, -0.1) is 0 Å². The summed E-state index contributed by atoms with van der Waals surface area (Å²) in [4.78, 5) is 9.06. The molecule has 0 spiro atoms. The van der Waals surface area contributed by atoms with E-state index < -0.39 is 15.5 Å². The Morgan fingerprint density at radius 3 is 2.30 bits per heavy atom. The van der Waals surface area contributed by atoms with Crippen LogP contribution in [0.3, 0.4) is 0 Å². The van der Waals surface area contributed by atoms with Crippen LogP contribution in [-0.2, 0) is 24.5 Å². The van der Waals surface area contributed by atoms with Crippen molar-refractivity contribution in [3.8, 4) is 22.9 Å². The van der Waals surface area contributed by atoms with Gasteiger partial charge in [-0.1, -0.05) is 85.2 Å². The van der Waals surface area contributed by atoms with Gasteiger partial charge in [-0.25, -0.2) is 9.97 Å². The molecule has 0 atom stereocenters. The SMILES string of the molecule is CSc1ncc2cc(-c3ccc(C(C)(C)c4cc(Cl)c(OCCOCCOS(=O)(=O)c5ccc(C)cc5)c(C#N)c4)cc3)ccc2n1. The predicted octanol–water partition coefficient (Wildman–Crippen LogP) is 7.98. The number of nitrogens with zero attached hydrogens (tertiary/aromatic N) is 3. The minimum Gasteiger partial charge on any atom is -0.488 e. The molecular weight excluding hydrogens is 654 g/mol. The Morgan fingerprint density at radius 2 is 1.60 bits per heavy atom. The van der Waals surface area contributed by atoms with Gasteiger partial charge < -0.3 is 9.47 Å². The maximum Gasteiger partial charge on any atom is 0.297 e. The van der Waals surface area contributed by atoms with E-state index in [2.05, 4.69) is 66.3 Å². The molecule has 5 aromatic rings. The van der Waals surface area contributed by atoms with Gasteiger partial charge in [0.15, 0.2) is 10.9 Å². The van der Waals surface area contributed by atoms with Gasteiger partial charge in [0.05, 0.1) is 40.8 Å². The van der Waals surface area contributed by atoms with Crippen molar-refractivity contribution in [3.05, 3.63) is 112 Å². The van der Waals surface area contributed by atoms with Crippen LogP contribution in [0.4, 0.5) is 0 Å². The topological polar surface area (TPSA) is 111 Å². The maximum absolute atomic E-state index is 12.3. The Kier molecular flexibility index (Phi) is 10.8. The number of rotatable bonds is 13. The smallest absolute Gasteiger partial charge is 0.297 e. The minimum absolute atomic E-state index is 0.0491. The van der Waals surface area contributed by atoms with E-state index in [1.807, 2.05) is 31.5 Å². The number of aromatic nitrogens is 2. The van der Waals surface area contributed by atoms with Crippen molar-refractivity contribution in [2.75, 3.05) is 32.7 Å². The third kappa shape index (κ3) is 8.12. The van der Waals surface area contributed by atoms with Crippen LogP contribution in [-0.4, -0.2) is 51.1 Å². The average molecular weight is 688 g/mol. The van der Waals surface area contributed by atoms with Crippen LogP contribution >= 0.6 is 23.4 Å². The lowest BCUT2D eigenvalue weighted by Gasteiger charge is -2.27. The molecule has 0 bridgehead atoms. The normalized spacial score (nSPS) is 11.8. The van der Waals surface area contributed by atoms with E-state index in [1.165, 1.54) is 23.9 Å². The van der Waals surface area contributed by atoms with E-state index in [0.717, 1.165) is 43.9 Å². The summed E-state index contributed by atoms with van der Waals surface area (Å²) in [6.07, 6.45) is 3.81. The fourth-order valence-corrected chi connectivity index (χ4v) is 6.52. The maximum atomic E-state index is 12.3. The third-order valence-corrected chi connectivity index (χ3v) is 9.98. The van der Waals surface area contributed by atoms with Crippen molar-refractivity contribution < 1.29 is 22.1 Å². The minimum atomic E-state index is -3.86. The molecule has 0 fully saturated rings. The summed E-state index contributed by atoms with van der Waals surface area (Å²) in [5.74, 6) is 0.274. The van der Waals surface area contributed by atoms with Crippen LogP contribution < -0.4 is 4.74 Å². The summed E-state index contributed by atoms with van der Waals surface area (Å²) in [6.45, 7) is 6.22. The Hall–Kier alpha value is -3.98. The first-order chi connectivity index (χ1) is 22.5. The van der Waals surface area contributed by atoms with Crippen LogP contribution in [0.25, 0.3) is 22.0 Å². The van der Waals surface area contributed by atoms with Crippen molar-refractivity contribution in [3.63, 3.8) is 0 Å². The van der Waals surface area contributed by atoms with Gasteiger partial charge in [0.1, 0.15) is 12.7 Å². The lowest BCUT2D eigenvalue weighted by molar-refractivity contribution is 0.0778. The van der Waals surface area contributed by atoms with Gasteiger partial charge in [0.2, 0.25) is 0 Å². The molecule has 4 aromatic carbocycles. The van der Waals surface area contributed by atoms with Crippen molar-refractivity contribution in [2.45, 2.75) is 36.2 Å². The number of halogens is 1. The molecule has 0 N–H and O–H groups in total. The number of hydrogen-bond acceptors (Lipinski definition) is 9. The molecule has 0 saturated carbocycles. The highest BCUT2D eigenvalue weighted by Crippen LogP contribution is 2.39. The molecule has 0 saturated heterocycles. The molecule has 0 radical (unpaired) electrons. The molecule has 0 amide bonds. The summed E-state index contributed by atoms with van der Waals surface area (Å²) in [6, 6.07) is 26.8. The molecular formula is C36H34ClN3O5S2. The fourth-order valence-electron chi connectivity index (χ4n) is 5.00. The Labute approximate surface area is 284 Å². The molecule has 242 valence electrons. The molecule has 8 nitrogen and oxygen atoms in total. The number of fused-ring (bicyclic) bond motifs is 1. The largest absolute Gasteiger partial charge is 0.488 e. The van der Waals surface area contributed by atoms with E-state index in [1.54, 1.807) is 18.2 Å². The summed E-state index contributed by atoms with van der Waals surface area (Å²) >= 11 is 8.16. The Morgan fingerprint density at radius 1 is 0.894 bits per heavy atom. The monoisotopic (exact) mass is 687 g/mol. The number of thioether (sulfide) groups is 1. The van der Waals surface area contributed by atoms with Crippen LogP contribution in [0.2, 0.25) is 5.02 Å². The van der Waals surface area contributed by atoms with Gasteiger partial charge >= 0.3 is 0 Å². The Balaban J connectivity index is 1.19. The summed E-state index contributed by atoms with van der Waals surface area (Å²) in [5.41, 5.74) is 5.79. The quantitative estimate of drug-likeness (QED) is 0.0526. The number of hydrogen-bond donors (Lipinski definition) is 0. The zero-order valence-electron chi connectivity index (χ0n) is 26.5. The molecule has 47 heavy (non-hydrogen) atoms. The van der Waals surface area contributed by atoms with E-state index in [9.17, 15) is 13.7 Å². The highest BCUT2D eigenvalue weighted by atomic mass is 35.5. The van der Waals surface area contributed by atoms with Gasteiger partial charge in [0, 0.05) is 17.0 Å². The van der Waals surface area contributed by atoms with E-state index >= 15 is 0 Å². The molecule has 0 aliphatic carbocycles. The highest BCUT2D eigenvalue weighted by Gasteiger charge is 2.26. The number of ether oxygens (including phenoxy) is 2. The first-order valence-corrected chi connectivity index (χ1v) is 17.9. The molecule has 0 aliphatic heterocycles. The molecule has 11 heteroatoms. The van der Waals surface area contributed by atoms with Crippen molar-refractivity contribution in [2.24, 2.45) is 0 Å². The van der Waals surface area contributed by atoms with Crippen molar-refractivity contribution in [1.29, 1.82) is 5.26 Å². The third-order valence-electron chi connectivity index (χ3n) is 7.82. The standard InChI is InChI=1S/C36H34ClN3O5S2/c1-24-5-12-31(13-6-24)47(41,42)45-18-16-43-15-17-44-34-27(22-38)20-30(21-32(34)37)36(2,3)29-10-7-25(8-11-29)26-9-14-33-28(19-26)23-39-35(40-33)46-4/h5-14,19-21,23H,15-18H2,1-4H3. The van der Waals surface area contributed by atoms with Crippen LogP contribution in [0, 0.1) is 18.3 Å². The zero-order chi connectivity index (χ0) is 33.6. The second-order valence-electron chi connectivity index (χ2n) is 11.3. The lowest BCUT2D eigenvalue weighted by atomic mass is 9.77. The van der Waals surface area contributed by atoms with Crippen LogP contribution in [0.1, 0.15) is 36.1 Å². The van der Waals surface area contributed by atoms with Gasteiger partial charge in [-0.05, 0) is 71.8 Å². The second kappa shape index (κ2) is 14.8. The molecule has 1 aromatic heterocycles. The Bertz CT molecular complexity index is 2030. The van der Waals surface area contributed by atoms with Gasteiger partial charge in [-0.3, -0.25) is 4.18 Å². The molecule has 0 aliphatic rings. The van der Waals surface area contributed by atoms with Crippen molar-refractivity contribution >= 4 is 44.4 Å². The fraction of sp³-hybridized carbons (Fsp3) is 0.250. The predicted molar refractivity (Wildman–Crippen MR) is 186 cm³/mol. The molecule has 5 rings (SSSR count). The van der Waals surface area contributed by atoms with E-state index in [-0.39, 0.29) is 37.1 Å². The number of nitriles is 1. The van der Waals surface area contributed by atoms with Crippen molar-refractivity contribution in [1.82, 2.24) is 9.97 Å². The first-order valence-electron chi connectivity index (χ1n) is 14.8. The second-order valence-corrected chi connectivity index (χ2v) is 14.1. The average Bonchev–Trinajstić information content (AvgIpc) is 3.07. The highest BCUT2D eigenvalue weighted by molar-refractivity contribution is 7.98. The summed E-state index contributed by atoms with van der Waals surface area (Å²) < 4.78 is 40.9. The zero-order valence-corrected chi connectivity index (χ0v) is 28.9. The van der Waals surface area contributed by atoms with E-state index in [0.29, 0.717) is 10.6 Å². The van der Waals surface area contributed by atoms with Crippen LogP contribution in [0.15, 0.2) is 95.1 Å². The number of benzene rings is 4. The van der Waals surface area contributed by atoms with Gasteiger partial charge in [0.25, 0.3) is 10.1 Å². The number of aryl methyl sites for hydroxylation is 1. The molecule has 1 heterocycles. The lowest BCUT2D eigenvalue weighted by Crippen LogP contribution is -2.19. The van der Waals surface area contributed by atoms with E-state index in [4.69, 9.17) is 25.3 Å². The first kappa shape index (κ1) is 34.4. The molecule has 0 unspecified atom stereocenters. The summed E-state index contributed by atoms with van der Waals surface area (Å²) in [7, 11) is -3.86.